The van der Waals surface area contributed by atoms with E-state index in [1.807, 2.05) is 62.4 Å². The molecule has 0 aromatic heterocycles. The number of nitrogens with one attached hydrogen (secondary N) is 1. The fourth-order valence-corrected chi connectivity index (χ4v) is 3.93. The van der Waals surface area contributed by atoms with Crippen LogP contribution in [0.4, 0.5) is 0 Å². The van der Waals surface area contributed by atoms with Gasteiger partial charge in [0.15, 0.2) is 0 Å². The van der Waals surface area contributed by atoms with Crippen LogP contribution < -0.4 is 10.1 Å². The highest BCUT2D eigenvalue weighted by molar-refractivity contribution is 5.82. The molecule has 0 saturated carbocycles. The Bertz CT molecular complexity index is 864. The average molecular weight is 425 g/mol. The Morgan fingerprint density at radius 2 is 1.84 bits per heavy atom. The summed E-state index contributed by atoms with van der Waals surface area (Å²) in [7, 11) is 0. The molecule has 31 heavy (non-hydrogen) atoms. The van der Waals surface area contributed by atoms with Crippen LogP contribution in [0.5, 0.6) is 5.75 Å². The normalized spacial score (nSPS) is 17.1. The third kappa shape index (κ3) is 6.56. The molecule has 0 radical (unpaired) electrons. The van der Waals surface area contributed by atoms with Crippen LogP contribution in [-0.4, -0.2) is 54.2 Å². The van der Waals surface area contributed by atoms with E-state index in [1.54, 1.807) is 4.90 Å². The SMILES string of the molecule is Cc1cccc(C)c1OCC(O)CNC(=O)C1CCCN(C(=O)Cc2ccccc2)C1. The summed E-state index contributed by atoms with van der Waals surface area (Å²) in [6, 6.07) is 15.5. The van der Waals surface area contributed by atoms with E-state index in [1.165, 1.54) is 0 Å². The molecule has 0 aliphatic carbocycles. The van der Waals surface area contributed by atoms with Crippen molar-refractivity contribution in [2.75, 3.05) is 26.2 Å². The zero-order valence-electron chi connectivity index (χ0n) is 18.3. The van der Waals surface area contributed by atoms with Gasteiger partial charge in [0.25, 0.3) is 0 Å². The van der Waals surface area contributed by atoms with Crippen LogP contribution in [-0.2, 0) is 16.0 Å². The first-order valence-corrected chi connectivity index (χ1v) is 10.9. The van der Waals surface area contributed by atoms with E-state index in [-0.39, 0.29) is 30.9 Å². The molecule has 6 nitrogen and oxygen atoms in total. The molecule has 0 bridgehead atoms. The molecule has 2 aromatic carbocycles. The van der Waals surface area contributed by atoms with Gasteiger partial charge in [-0.25, -0.2) is 0 Å². The number of aliphatic hydroxyl groups is 1. The lowest BCUT2D eigenvalue weighted by molar-refractivity contribution is -0.135. The third-order valence-corrected chi connectivity index (χ3v) is 5.68. The first kappa shape index (κ1) is 22.8. The molecule has 2 aromatic rings. The van der Waals surface area contributed by atoms with Gasteiger partial charge in [0.05, 0.1) is 12.3 Å². The van der Waals surface area contributed by atoms with Crippen LogP contribution >= 0.6 is 0 Å². The van der Waals surface area contributed by atoms with Crippen molar-refractivity contribution in [1.82, 2.24) is 10.2 Å². The summed E-state index contributed by atoms with van der Waals surface area (Å²) in [5, 5.41) is 13.1. The minimum atomic E-state index is -0.803. The quantitative estimate of drug-likeness (QED) is 0.683. The van der Waals surface area contributed by atoms with Gasteiger partial charge in [-0.1, -0.05) is 48.5 Å². The van der Waals surface area contributed by atoms with E-state index in [2.05, 4.69) is 5.32 Å². The number of amides is 2. The first-order chi connectivity index (χ1) is 14.9. The molecule has 1 saturated heterocycles. The van der Waals surface area contributed by atoms with Crippen molar-refractivity contribution in [3.63, 3.8) is 0 Å². The topological polar surface area (TPSA) is 78.9 Å². The molecule has 1 aliphatic heterocycles. The number of nitrogens with zero attached hydrogens (tertiary/aromatic N) is 1. The monoisotopic (exact) mass is 424 g/mol. The number of benzene rings is 2. The van der Waals surface area contributed by atoms with E-state index >= 15 is 0 Å². The van der Waals surface area contributed by atoms with Gasteiger partial charge in [-0.05, 0) is 43.4 Å². The highest BCUT2D eigenvalue weighted by Crippen LogP contribution is 2.22. The second-order valence-electron chi connectivity index (χ2n) is 8.27. The van der Waals surface area contributed by atoms with Crippen molar-refractivity contribution in [3.05, 3.63) is 65.2 Å². The molecule has 2 amide bonds. The van der Waals surface area contributed by atoms with Crippen LogP contribution in [0.15, 0.2) is 48.5 Å². The molecule has 1 fully saturated rings. The Morgan fingerprint density at radius 3 is 2.55 bits per heavy atom. The number of piperidine rings is 1. The van der Waals surface area contributed by atoms with E-state index in [0.717, 1.165) is 35.3 Å². The number of likely N-dealkylation sites (tertiary alicyclic amines) is 1. The van der Waals surface area contributed by atoms with Gasteiger partial charge < -0.3 is 20.1 Å². The van der Waals surface area contributed by atoms with E-state index < -0.39 is 6.10 Å². The first-order valence-electron chi connectivity index (χ1n) is 10.9. The lowest BCUT2D eigenvalue weighted by atomic mass is 9.96. The summed E-state index contributed by atoms with van der Waals surface area (Å²) in [4.78, 5) is 27.0. The maximum atomic E-state index is 12.6. The second-order valence-corrected chi connectivity index (χ2v) is 8.27. The molecule has 3 rings (SSSR count). The summed E-state index contributed by atoms with van der Waals surface area (Å²) in [5.41, 5.74) is 3.00. The largest absolute Gasteiger partial charge is 0.490 e. The fourth-order valence-electron chi connectivity index (χ4n) is 3.93. The Labute approximate surface area is 184 Å². The predicted molar refractivity (Wildman–Crippen MR) is 120 cm³/mol. The van der Waals surface area contributed by atoms with Crippen LogP contribution in [0.2, 0.25) is 0 Å². The van der Waals surface area contributed by atoms with E-state index in [0.29, 0.717) is 19.5 Å². The van der Waals surface area contributed by atoms with E-state index in [9.17, 15) is 14.7 Å². The number of ether oxygens (including phenoxy) is 1. The smallest absolute Gasteiger partial charge is 0.227 e. The van der Waals surface area contributed by atoms with Gasteiger partial charge in [-0.15, -0.1) is 0 Å². The van der Waals surface area contributed by atoms with Crippen molar-refractivity contribution in [3.8, 4) is 5.75 Å². The average Bonchev–Trinajstić information content (AvgIpc) is 2.78. The standard InChI is InChI=1S/C25H32N2O4/c1-18-8-6-9-19(2)24(18)31-17-22(28)15-26-25(30)21-12-7-13-27(16-21)23(29)14-20-10-4-3-5-11-20/h3-6,8-11,21-22,28H,7,12-17H2,1-2H3,(H,26,30). The van der Waals surface area contributed by atoms with Gasteiger partial charge in [0.2, 0.25) is 11.8 Å². The highest BCUT2D eigenvalue weighted by atomic mass is 16.5. The minimum Gasteiger partial charge on any atom is -0.490 e. The van der Waals surface area contributed by atoms with Gasteiger partial charge >= 0.3 is 0 Å². The number of hydrogen-bond acceptors (Lipinski definition) is 4. The van der Waals surface area contributed by atoms with Gasteiger partial charge in [0.1, 0.15) is 18.5 Å². The number of carbonyl (C=O) groups excluding carboxylic acids is 2. The van der Waals surface area contributed by atoms with Crippen LogP contribution in [0, 0.1) is 19.8 Å². The molecule has 1 aliphatic rings. The zero-order chi connectivity index (χ0) is 22.2. The molecule has 2 N–H and O–H groups in total. The van der Waals surface area contributed by atoms with Crippen molar-refractivity contribution in [2.45, 2.75) is 39.2 Å². The summed E-state index contributed by atoms with van der Waals surface area (Å²) < 4.78 is 5.76. The van der Waals surface area contributed by atoms with Crippen molar-refractivity contribution < 1.29 is 19.4 Å². The molecular weight excluding hydrogens is 392 g/mol. The number of aryl methyl sites for hydroxylation is 2. The zero-order valence-corrected chi connectivity index (χ0v) is 18.3. The van der Waals surface area contributed by atoms with Crippen molar-refractivity contribution >= 4 is 11.8 Å². The number of hydrogen-bond donors (Lipinski definition) is 2. The fraction of sp³-hybridized carbons (Fsp3) is 0.440. The van der Waals surface area contributed by atoms with Crippen molar-refractivity contribution in [2.24, 2.45) is 5.92 Å². The number of para-hydroxylation sites is 1. The lowest BCUT2D eigenvalue weighted by Crippen LogP contribution is -2.47. The van der Waals surface area contributed by atoms with Crippen LogP contribution in [0.1, 0.15) is 29.5 Å². The maximum Gasteiger partial charge on any atom is 0.227 e. The summed E-state index contributed by atoms with van der Waals surface area (Å²) in [6.45, 7) is 5.26. The van der Waals surface area contributed by atoms with Gasteiger partial charge in [0, 0.05) is 19.6 Å². The Morgan fingerprint density at radius 1 is 1.13 bits per heavy atom. The Kier molecular flexibility index (Phi) is 8.06. The van der Waals surface area contributed by atoms with E-state index in [4.69, 9.17) is 4.74 Å². The van der Waals surface area contributed by atoms with Crippen molar-refractivity contribution in [1.29, 1.82) is 0 Å². The number of aliphatic hydroxyl groups excluding tert-OH is 1. The Hall–Kier alpha value is -2.86. The third-order valence-electron chi connectivity index (χ3n) is 5.68. The lowest BCUT2D eigenvalue weighted by Gasteiger charge is -2.32. The van der Waals surface area contributed by atoms with Gasteiger partial charge in [-0.2, -0.15) is 0 Å². The maximum absolute atomic E-state index is 12.6. The molecular formula is C25H32N2O4. The highest BCUT2D eigenvalue weighted by Gasteiger charge is 2.28. The summed E-state index contributed by atoms with van der Waals surface area (Å²) in [6.07, 6.45) is 1.10. The molecule has 1 heterocycles. The minimum absolute atomic E-state index is 0.0470. The Balaban J connectivity index is 1.43. The molecule has 6 heteroatoms. The van der Waals surface area contributed by atoms with Crippen LogP contribution in [0.3, 0.4) is 0 Å². The molecule has 166 valence electrons. The second kappa shape index (κ2) is 11.0. The van der Waals surface area contributed by atoms with Crippen LogP contribution in [0.25, 0.3) is 0 Å². The number of rotatable bonds is 8. The summed E-state index contributed by atoms with van der Waals surface area (Å²) in [5.74, 6) is 0.446. The predicted octanol–water partition coefficient (Wildman–Crippen LogP) is 2.64. The van der Waals surface area contributed by atoms with Gasteiger partial charge in [-0.3, -0.25) is 9.59 Å². The number of carbonyl (C=O) groups is 2. The summed E-state index contributed by atoms with van der Waals surface area (Å²) >= 11 is 0. The molecule has 2 atom stereocenters. The molecule has 2 unspecified atom stereocenters. The molecule has 0 spiro atoms.